The number of carboxylic acids is 1. The van der Waals surface area contributed by atoms with Gasteiger partial charge in [0.25, 0.3) is 0 Å². The van der Waals surface area contributed by atoms with Crippen LogP contribution in [0.4, 0.5) is 0 Å². The van der Waals surface area contributed by atoms with E-state index in [9.17, 15) is 9.59 Å². The minimum absolute atomic E-state index is 0.0143. The third kappa shape index (κ3) is 3.31. The summed E-state index contributed by atoms with van der Waals surface area (Å²) in [4.78, 5) is 26.5. The zero-order chi connectivity index (χ0) is 14.5. The Morgan fingerprint density at radius 3 is 2.85 bits per heavy atom. The lowest BCUT2D eigenvalue weighted by Crippen LogP contribution is -2.42. The van der Waals surface area contributed by atoms with E-state index in [0.29, 0.717) is 19.8 Å². The topological polar surface area (TPSA) is 101 Å². The molecule has 2 heterocycles. The van der Waals surface area contributed by atoms with Crippen LogP contribution in [0.15, 0.2) is 18.3 Å². The molecule has 1 aliphatic rings. The molecule has 0 aromatic carbocycles. The monoisotopic (exact) mass is 279 g/mol. The van der Waals surface area contributed by atoms with Crippen LogP contribution in [-0.2, 0) is 16.1 Å². The Hall–Kier alpha value is -1.99. The molecule has 0 saturated carbocycles. The fourth-order valence-electron chi connectivity index (χ4n) is 2.07. The Labute approximate surface area is 116 Å². The van der Waals surface area contributed by atoms with Gasteiger partial charge in [0, 0.05) is 18.8 Å². The minimum atomic E-state index is -1.07. The number of amides is 1. The van der Waals surface area contributed by atoms with Gasteiger partial charge in [0.1, 0.15) is 5.69 Å². The van der Waals surface area contributed by atoms with E-state index < -0.39 is 5.97 Å². The maximum atomic E-state index is 12.0. The van der Waals surface area contributed by atoms with Gasteiger partial charge in [0.2, 0.25) is 5.91 Å². The molecule has 0 aliphatic carbocycles. The number of rotatable bonds is 5. The summed E-state index contributed by atoms with van der Waals surface area (Å²) in [6.45, 7) is 1.26. The average Bonchev–Trinajstić information content (AvgIpc) is 2.93. The molecule has 0 bridgehead atoms. The van der Waals surface area contributed by atoms with Crippen molar-refractivity contribution in [2.45, 2.75) is 12.6 Å². The lowest BCUT2D eigenvalue weighted by atomic mass is 10.0. The minimum Gasteiger partial charge on any atom is -0.477 e. The number of aromatic carboxylic acids is 1. The quantitative estimate of drug-likeness (QED) is 0.680. The van der Waals surface area contributed by atoms with Crippen LogP contribution in [0.25, 0.3) is 0 Å². The van der Waals surface area contributed by atoms with Crippen molar-refractivity contribution < 1.29 is 19.4 Å². The Balaban J connectivity index is 1.88. The molecule has 7 nitrogen and oxygen atoms in total. The fourth-order valence-corrected chi connectivity index (χ4v) is 2.07. The molecule has 1 aromatic rings. The summed E-state index contributed by atoms with van der Waals surface area (Å²) < 4.78 is 5.27. The smallest absolute Gasteiger partial charge is 0.354 e. The predicted molar refractivity (Wildman–Crippen MR) is 70.2 cm³/mol. The van der Waals surface area contributed by atoms with Crippen LogP contribution in [0.2, 0.25) is 0 Å². The third-order valence-corrected chi connectivity index (χ3v) is 3.30. The molecule has 0 radical (unpaired) electrons. The number of ether oxygens (including phenoxy) is 1. The highest BCUT2D eigenvalue weighted by atomic mass is 16.5. The van der Waals surface area contributed by atoms with E-state index in [2.05, 4.69) is 15.6 Å². The number of nitrogens with zero attached hydrogens (tertiary/aromatic N) is 1. The maximum absolute atomic E-state index is 12.0. The van der Waals surface area contributed by atoms with E-state index in [1.54, 1.807) is 13.1 Å². The highest BCUT2D eigenvalue weighted by Gasteiger charge is 2.32. The van der Waals surface area contributed by atoms with E-state index in [1.807, 2.05) is 0 Å². The van der Waals surface area contributed by atoms with Gasteiger partial charge in [-0.15, -0.1) is 0 Å². The molecule has 7 heteroatoms. The van der Waals surface area contributed by atoms with E-state index >= 15 is 0 Å². The van der Waals surface area contributed by atoms with Gasteiger partial charge >= 0.3 is 5.97 Å². The molecule has 0 spiro atoms. The molecule has 2 atom stereocenters. The molecule has 1 amide bonds. The first-order chi connectivity index (χ1) is 9.61. The molecule has 1 aliphatic heterocycles. The zero-order valence-corrected chi connectivity index (χ0v) is 11.1. The lowest BCUT2D eigenvalue weighted by Gasteiger charge is -2.16. The molecule has 3 N–H and O–H groups in total. The van der Waals surface area contributed by atoms with Crippen molar-refractivity contribution in [1.29, 1.82) is 0 Å². The summed E-state index contributed by atoms with van der Waals surface area (Å²) in [5.41, 5.74) is 0.739. The Bertz CT molecular complexity index is 489. The first-order valence-corrected chi connectivity index (χ1v) is 6.32. The van der Waals surface area contributed by atoms with Crippen LogP contribution in [0.1, 0.15) is 16.1 Å². The first kappa shape index (κ1) is 14.4. The molecule has 2 rings (SSSR count). The van der Waals surface area contributed by atoms with E-state index in [1.165, 1.54) is 12.3 Å². The largest absolute Gasteiger partial charge is 0.477 e. The number of pyridine rings is 1. The van der Waals surface area contributed by atoms with Crippen molar-refractivity contribution in [1.82, 2.24) is 15.6 Å². The molecule has 1 fully saturated rings. The van der Waals surface area contributed by atoms with Gasteiger partial charge in [-0.1, -0.05) is 6.07 Å². The van der Waals surface area contributed by atoms with Crippen LogP contribution >= 0.6 is 0 Å². The van der Waals surface area contributed by atoms with Crippen molar-refractivity contribution in [2.24, 2.45) is 5.92 Å². The van der Waals surface area contributed by atoms with Gasteiger partial charge in [-0.05, 0) is 18.7 Å². The second kappa shape index (κ2) is 6.44. The summed E-state index contributed by atoms with van der Waals surface area (Å²) in [6, 6.07) is 3.08. The van der Waals surface area contributed by atoms with Gasteiger partial charge in [-0.3, -0.25) is 4.79 Å². The number of likely N-dealkylation sites (N-methyl/N-ethyl adjacent to an activating group) is 1. The highest BCUT2D eigenvalue weighted by Crippen LogP contribution is 2.13. The summed E-state index contributed by atoms with van der Waals surface area (Å²) in [5.74, 6) is -1.35. The van der Waals surface area contributed by atoms with Gasteiger partial charge < -0.3 is 20.5 Å². The number of aromatic nitrogens is 1. The van der Waals surface area contributed by atoms with Crippen molar-refractivity contribution >= 4 is 11.9 Å². The summed E-state index contributed by atoms with van der Waals surface area (Å²) in [7, 11) is 1.80. The molecular weight excluding hydrogens is 262 g/mol. The molecule has 1 aromatic heterocycles. The fraction of sp³-hybridized carbons (Fsp3) is 0.462. The van der Waals surface area contributed by atoms with E-state index in [0.717, 1.165) is 5.56 Å². The van der Waals surface area contributed by atoms with Crippen LogP contribution in [0.5, 0.6) is 0 Å². The summed E-state index contributed by atoms with van der Waals surface area (Å²) in [5, 5.41) is 14.6. The van der Waals surface area contributed by atoms with Gasteiger partial charge in [-0.2, -0.15) is 0 Å². The van der Waals surface area contributed by atoms with Crippen molar-refractivity contribution in [3.8, 4) is 0 Å². The second-order valence-electron chi connectivity index (χ2n) is 4.61. The van der Waals surface area contributed by atoms with Gasteiger partial charge in [-0.25, -0.2) is 9.78 Å². The van der Waals surface area contributed by atoms with E-state index in [4.69, 9.17) is 9.84 Å². The predicted octanol–water partition coefficient (Wildman–Crippen LogP) is -0.370. The Morgan fingerprint density at radius 2 is 2.25 bits per heavy atom. The Kier molecular flexibility index (Phi) is 4.65. The summed E-state index contributed by atoms with van der Waals surface area (Å²) >= 11 is 0. The SMILES string of the molecule is CNC1COCC1C(=O)NCc1ccc(C(=O)O)nc1. The standard InChI is InChI=1S/C13H17N3O4/c1-14-11-7-20-6-9(11)12(17)16-5-8-2-3-10(13(18)19)15-4-8/h2-4,9,11,14H,5-7H2,1H3,(H,16,17)(H,18,19). The number of nitrogens with one attached hydrogen (secondary N) is 2. The molecule has 20 heavy (non-hydrogen) atoms. The highest BCUT2D eigenvalue weighted by molar-refractivity contribution is 5.85. The summed E-state index contributed by atoms with van der Waals surface area (Å²) in [6.07, 6.45) is 1.45. The van der Waals surface area contributed by atoms with Crippen molar-refractivity contribution in [3.05, 3.63) is 29.6 Å². The lowest BCUT2D eigenvalue weighted by molar-refractivity contribution is -0.125. The van der Waals surface area contributed by atoms with Crippen LogP contribution in [-0.4, -0.2) is 48.3 Å². The number of carbonyl (C=O) groups is 2. The van der Waals surface area contributed by atoms with Crippen LogP contribution in [0.3, 0.4) is 0 Å². The number of carbonyl (C=O) groups excluding carboxylic acids is 1. The first-order valence-electron chi connectivity index (χ1n) is 6.32. The van der Waals surface area contributed by atoms with Gasteiger partial charge in [0.15, 0.2) is 0 Å². The second-order valence-corrected chi connectivity index (χ2v) is 4.61. The average molecular weight is 279 g/mol. The Morgan fingerprint density at radius 1 is 1.45 bits per heavy atom. The van der Waals surface area contributed by atoms with Crippen LogP contribution < -0.4 is 10.6 Å². The number of carboxylic acid groups (broad SMARTS) is 1. The van der Waals surface area contributed by atoms with Gasteiger partial charge in [0.05, 0.1) is 19.1 Å². The van der Waals surface area contributed by atoms with E-state index in [-0.39, 0.29) is 23.6 Å². The molecule has 1 saturated heterocycles. The normalized spacial score (nSPS) is 21.6. The third-order valence-electron chi connectivity index (χ3n) is 3.30. The van der Waals surface area contributed by atoms with Crippen molar-refractivity contribution in [2.75, 3.05) is 20.3 Å². The molecule has 2 unspecified atom stereocenters. The number of hydrogen-bond acceptors (Lipinski definition) is 5. The number of hydrogen-bond donors (Lipinski definition) is 3. The maximum Gasteiger partial charge on any atom is 0.354 e. The molecule has 108 valence electrons. The van der Waals surface area contributed by atoms with Crippen molar-refractivity contribution in [3.63, 3.8) is 0 Å². The van der Waals surface area contributed by atoms with Crippen LogP contribution in [0, 0.1) is 5.92 Å². The molecular formula is C13H17N3O4. The zero-order valence-electron chi connectivity index (χ0n) is 11.1.